The van der Waals surface area contributed by atoms with E-state index in [9.17, 15) is 13.2 Å². The first-order chi connectivity index (χ1) is 17.9. The number of hydrogen-bond donors (Lipinski definition) is 0. The van der Waals surface area contributed by atoms with Gasteiger partial charge < -0.3 is 18.6 Å². The summed E-state index contributed by atoms with van der Waals surface area (Å²) in [5.74, 6) is 1.50. The van der Waals surface area contributed by atoms with E-state index in [2.05, 4.69) is 10.1 Å². The molecular formula is C26H26N4O6S. The van der Waals surface area contributed by atoms with Gasteiger partial charge in [-0.3, -0.25) is 9.10 Å². The Morgan fingerprint density at radius 3 is 2.59 bits per heavy atom. The maximum absolute atomic E-state index is 12.5. The van der Waals surface area contributed by atoms with Gasteiger partial charge >= 0.3 is 0 Å². The number of ether oxygens (including phenoxy) is 2. The van der Waals surface area contributed by atoms with Crippen LogP contribution in [0.15, 0.2) is 76.2 Å². The van der Waals surface area contributed by atoms with E-state index >= 15 is 0 Å². The molecule has 0 saturated carbocycles. The summed E-state index contributed by atoms with van der Waals surface area (Å²) in [6.07, 6.45) is 2.31. The summed E-state index contributed by atoms with van der Waals surface area (Å²) in [5.41, 5.74) is 2.65. The Hall–Kier alpha value is -3.96. The van der Waals surface area contributed by atoms with Crippen LogP contribution in [0, 0.1) is 0 Å². The first kappa shape index (κ1) is 24.7. The summed E-state index contributed by atoms with van der Waals surface area (Å²) in [6, 6.07) is 17.6. The Bertz CT molecular complexity index is 1550. The van der Waals surface area contributed by atoms with E-state index in [1.165, 1.54) is 10.4 Å². The van der Waals surface area contributed by atoms with Crippen LogP contribution in [0.5, 0.6) is 5.75 Å². The fourth-order valence-corrected chi connectivity index (χ4v) is 5.68. The van der Waals surface area contributed by atoms with Crippen LogP contribution in [0.3, 0.4) is 0 Å². The van der Waals surface area contributed by atoms with Crippen molar-refractivity contribution in [2.24, 2.45) is 0 Å². The van der Waals surface area contributed by atoms with E-state index < -0.39 is 10.0 Å². The number of anilines is 1. The van der Waals surface area contributed by atoms with Crippen molar-refractivity contribution >= 4 is 15.7 Å². The molecule has 192 valence electrons. The van der Waals surface area contributed by atoms with Gasteiger partial charge in [0.05, 0.1) is 24.6 Å². The second-order valence-corrected chi connectivity index (χ2v) is 10.6. The van der Waals surface area contributed by atoms with E-state index in [0.717, 1.165) is 5.56 Å². The van der Waals surface area contributed by atoms with Crippen molar-refractivity contribution in [1.29, 1.82) is 0 Å². The van der Waals surface area contributed by atoms with Crippen LogP contribution < -0.4 is 14.6 Å². The molecule has 0 N–H and O–H groups in total. The molecule has 1 aliphatic rings. The molecule has 1 saturated heterocycles. The van der Waals surface area contributed by atoms with Gasteiger partial charge in [0.1, 0.15) is 12.4 Å². The number of nitrogens with zero attached hydrogens (tertiary/aromatic N) is 4. The molecule has 2 aromatic heterocycles. The van der Waals surface area contributed by atoms with E-state index in [1.54, 1.807) is 48.2 Å². The molecule has 1 fully saturated rings. The van der Waals surface area contributed by atoms with Crippen molar-refractivity contribution in [1.82, 2.24) is 14.7 Å². The molecule has 0 spiro atoms. The van der Waals surface area contributed by atoms with Crippen LogP contribution in [0.2, 0.25) is 0 Å². The zero-order valence-corrected chi connectivity index (χ0v) is 21.1. The van der Waals surface area contributed by atoms with Crippen LogP contribution in [0.4, 0.5) is 5.69 Å². The summed E-state index contributed by atoms with van der Waals surface area (Å²) < 4.78 is 43.4. The van der Waals surface area contributed by atoms with Gasteiger partial charge in [-0.15, -0.1) is 0 Å². The lowest BCUT2D eigenvalue weighted by Gasteiger charge is -2.16. The zero-order chi connectivity index (χ0) is 25.8. The topological polar surface area (TPSA) is 117 Å². The third-order valence-electron chi connectivity index (χ3n) is 5.98. The molecule has 10 nitrogen and oxygen atoms in total. The molecule has 4 aromatic rings. The lowest BCUT2D eigenvalue weighted by Crippen LogP contribution is -2.24. The van der Waals surface area contributed by atoms with Crippen LogP contribution in [0.25, 0.3) is 22.8 Å². The monoisotopic (exact) mass is 522 g/mol. The van der Waals surface area contributed by atoms with Crippen LogP contribution in [0.1, 0.15) is 12.0 Å². The molecule has 3 heterocycles. The molecule has 0 radical (unpaired) electrons. The number of rotatable bonds is 9. The molecule has 0 aliphatic carbocycles. The van der Waals surface area contributed by atoms with Gasteiger partial charge in [0.25, 0.3) is 11.4 Å². The smallest absolute Gasteiger partial charge is 0.258 e. The Morgan fingerprint density at radius 1 is 1.03 bits per heavy atom. The molecule has 0 unspecified atom stereocenters. The second kappa shape index (κ2) is 10.6. The highest BCUT2D eigenvalue weighted by atomic mass is 32.2. The number of aromatic nitrogens is 3. The maximum Gasteiger partial charge on any atom is 0.258 e. The van der Waals surface area contributed by atoms with Gasteiger partial charge in [0, 0.05) is 37.0 Å². The highest BCUT2D eigenvalue weighted by Gasteiger charge is 2.28. The first-order valence-electron chi connectivity index (χ1n) is 11.8. The number of methoxy groups -OCH3 is 1. The van der Waals surface area contributed by atoms with Crippen molar-refractivity contribution in [2.75, 3.05) is 36.9 Å². The highest BCUT2D eigenvalue weighted by molar-refractivity contribution is 7.93. The predicted octanol–water partition coefficient (Wildman–Crippen LogP) is 3.18. The largest absolute Gasteiger partial charge is 0.491 e. The van der Waals surface area contributed by atoms with E-state index in [1.807, 2.05) is 24.3 Å². The third kappa shape index (κ3) is 5.57. The molecular weight excluding hydrogens is 496 g/mol. The van der Waals surface area contributed by atoms with Gasteiger partial charge in [-0.1, -0.05) is 17.3 Å². The van der Waals surface area contributed by atoms with Crippen LogP contribution in [-0.2, 0) is 21.3 Å². The second-order valence-electron chi connectivity index (χ2n) is 8.58. The molecule has 2 aromatic carbocycles. The molecule has 0 atom stereocenters. The Labute approximate surface area is 214 Å². The number of pyridine rings is 1. The van der Waals surface area contributed by atoms with Gasteiger partial charge in [-0.25, -0.2) is 8.42 Å². The van der Waals surface area contributed by atoms with Crippen molar-refractivity contribution in [2.45, 2.75) is 13.0 Å². The summed E-state index contributed by atoms with van der Waals surface area (Å²) in [5, 5.41) is 4.08. The highest BCUT2D eigenvalue weighted by Crippen LogP contribution is 2.28. The predicted molar refractivity (Wildman–Crippen MR) is 138 cm³/mol. The molecule has 1 aliphatic heterocycles. The van der Waals surface area contributed by atoms with Gasteiger partial charge in [0.2, 0.25) is 15.8 Å². The fourth-order valence-electron chi connectivity index (χ4n) is 4.12. The molecule has 5 rings (SSSR count). The number of hydrogen-bond acceptors (Lipinski definition) is 8. The standard InChI is InChI=1S/C26H26N4O6S/c1-34-13-14-35-23-5-2-4-19(16-23)17-29-18-21(8-11-24(29)31)25-27-26(36-28-25)20-6-9-22(10-7-20)30-12-3-15-37(30,32)33/h2,4-11,16,18H,3,12-15,17H2,1H3. The zero-order valence-electron chi connectivity index (χ0n) is 20.2. The lowest BCUT2D eigenvalue weighted by molar-refractivity contribution is 0.146. The average Bonchev–Trinajstić information content (AvgIpc) is 3.52. The molecule has 37 heavy (non-hydrogen) atoms. The fraction of sp³-hybridized carbons (Fsp3) is 0.269. The maximum atomic E-state index is 12.5. The van der Waals surface area contributed by atoms with Gasteiger partial charge in [0.15, 0.2) is 0 Å². The minimum Gasteiger partial charge on any atom is -0.491 e. The van der Waals surface area contributed by atoms with Gasteiger partial charge in [-0.05, 0) is 54.4 Å². The Morgan fingerprint density at radius 2 is 1.84 bits per heavy atom. The average molecular weight is 523 g/mol. The van der Waals surface area contributed by atoms with Crippen LogP contribution >= 0.6 is 0 Å². The molecule has 11 heteroatoms. The summed E-state index contributed by atoms with van der Waals surface area (Å²) >= 11 is 0. The quantitative estimate of drug-likeness (QED) is 0.308. The van der Waals surface area contributed by atoms with Crippen LogP contribution in [-0.4, -0.2) is 55.7 Å². The SMILES string of the molecule is COCCOc1cccc(Cn2cc(-c3noc(-c4ccc(N5CCCS5(=O)=O)cc4)n3)ccc2=O)c1. The summed E-state index contributed by atoms with van der Waals surface area (Å²) in [4.78, 5) is 17.0. The van der Waals surface area contributed by atoms with Crippen molar-refractivity contribution in [3.63, 3.8) is 0 Å². The summed E-state index contributed by atoms with van der Waals surface area (Å²) in [7, 11) is -1.63. The third-order valence-corrected chi connectivity index (χ3v) is 7.85. The van der Waals surface area contributed by atoms with Gasteiger partial charge in [-0.2, -0.15) is 4.98 Å². The minimum absolute atomic E-state index is 0.161. The van der Waals surface area contributed by atoms with E-state index in [-0.39, 0.29) is 11.3 Å². The molecule has 0 amide bonds. The van der Waals surface area contributed by atoms with Crippen molar-refractivity contribution in [3.05, 3.63) is 82.8 Å². The number of benzene rings is 2. The first-order valence-corrected chi connectivity index (χ1v) is 13.4. The Kier molecular flexibility index (Phi) is 7.06. The van der Waals surface area contributed by atoms with E-state index in [0.29, 0.717) is 67.0 Å². The Balaban J connectivity index is 1.33. The normalized spacial score (nSPS) is 14.7. The van der Waals surface area contributed by atoms with Crippen molar-refractivity contribution < 1.29 is 22.4 Å². The lowest BCUT2D eigenvalue weighted by atomic mass is 10.2. The summed E-state index contributed by atoms with van der Waals surface area (Å²) in [6.45, 7) is 1.76. The molecule has 0 bridgehead atoms. The minimum atomic E-state index is -3.25. The van der Waals surface area contributed by atoms with Crippen molar-refractivity contribution in [3.8, 4) is 28.6 Å². The number of sulfonamides is 1. The van der Waals surface area contributed by atoms with E-state index in [4.69, 9.17) is 14.0 Å².